The highest BCUT2D eigenvalue weighted by Crippen LogP contribution is 2.41. The molecular formula is C19H25N5O3. The van der Waals surface area contributed by atoms with Crippen molar-refractivity contribution in [2.75, 3.05) is 37.6 Å². The molecule has 0 N–H and O–H groups in total. The van der Waals surface area contributed by atoms with E-state index >= 15 is 0 Å². The molecule has 1 aliphatic carbocycles. The fourth-order valence-corrected chi connectivity index (χ4v) is 4.71. The molecule has 1 aromatic heterocycles. The van der Waals surface area contributed by atoms with Crippen molar-refractivity contribution >= 4 is 17.8 Å². The number of carbonyl (C=O) groups excluding carboxylic acids is 2. The first kappa shape index (κ1) is 16.8. The zero-order chi connectivity index (χ0) is 18.6. The van der Waals surface area contributed by atoms with Gasteiger partial charge in [0.1, 0.15) is 17.2 Å². The Hall–Kier alpha value is -2.38. The fourth-order valence-electron chi connectivity index (χ4n) is 4.71. The van der Waals surface area contributed by atoms with Gasteiger partial charge >= 0.3 is 6.09 Å². The molecule has 0 radical (unpaired) electrons. The number of piperidine rings is 1. The highest BCUT2D eigenvalue weighted by Gasteiger charge is 2.57. The van der Waals surface area contributed by atoms with Crippen LogP contribution in [0.3, 0.4) is 0 Å². The first-order valence-electron chi connectivity index (χ1n) is 9.89. The van der Waals surface area contributed by atoms with Crippen molar-refractivity contribution in [3.8, 4) is 0 Å². The van der Waals surface area contributed by atoms with Crippen LogP contribution in [0.5, 0.6) is 0 Å². The first-order valence-corrected chi connectivity index (χ1v) is 9.89. The number of aromatic nitrogens is 2. The molecule has 3 aliphatic heterocycles. The Morgan fingerprint density at radius 3 is 2.70 bits per heavy atom. The summed E-state index contributed by atoms with van der Waals surface area (Å²) in [6.45, 7) is 5.27. The van der Waals surface area contributed by atoms with Gasteiger partial charge in [-0.05, 0) is 25.8 Å². The van der Waals surface area contributed by atoms with E-state index in [1.807, 2.05) is 22.8 Å². The number of rotatable bonds is 2. The SMILES string of the molecule is Cc1nccc(N2CCC3(CC2)OC(=O)N2CCN(C(=O)C4CC4)CC23)n1. The van der Waals surface area contributed by atoms with E-state index in [1.165, 1.54) is 0 Å². The molecule has 5 rings (SSSR count). The molecule has 0 bridgehead atoms. The molecule has 8 heteroatoms. The zero-order valence-corrected chi connectivity index (χ0v) is 15.6. The van der Waals surface area contributed by atoms with Gasteiger partial charge in [-0.15, -0.1) is 0 Å². The van der Waals surface area contributed by atoms with Crippen molar-refractivity contribution in [2.45, 2.75) is 44.2 Å². The standard InChI is InChI=1S/C19H25N5O3/c1-13-20-7-4-16(21-13)22-8-5-19(6-9-22)15-12-23(17(25)14-2-3-14)10-11-24(15)18(26)27-19/h4,7,14-15H,2-3,5-6,8-12H2,1H3. The molecule has 3 saturated heterocycles. The minimum Gasteiger partial charge on any atom is -0.440 e. The topological polar surface area (TPSA) is 78.9 Å². The lowest BCUT2D eigenvalue weighted by Crippen LogP contribution is -2.61. The molecule has 1 saturated carbocycles. The number of carbonyl (C=O) groups is 2. The number of hydrogen-bond donors (Lipinski definition) is 0. The summed E-state index contributed by atoms with van der Waals surface area (Å²) in [6, 6.07) is 1.89. The molecule has 1 spiro atoms. The zero-order valence-electron chi connectivity index (χ0n) is 15.6. The maximum Gasteiger partial charge on any atom is 0.410 e. The minimum absolute atomic E-state index is 0.0317. The summed E-state index contributed by atoms with van der Waals surface area (Å²) in [5.74, 6) is 2.16. The van der Waals surface area contributed by atoms with E-state index in [4.69, 9.17) is 4.74 Å². The van der Waals surface area contributed by atoms with Crippen LogP contribution in [0.15, 0.2) is 12.3 Å². The Kier molecular flexibility index (Phi) is 3.77. The van der Waals surface area contributed by atoms with E-state index in [0.717, 1.165) is 50.4 Å². The summed E-state index contributed by atoms with van der Waals surface area (Å²) in [4.78, 5) is 39.7. The summed E-state index contributed by atoms with van der Waals surface area (Å²) in [5.41, 5.74) is -0.488. The molecule has 4 fully saturated rings. The van der Waals surface area contributed by atoms with Crippen LogP contribution < -0.4 is 4.90 Å². The average Bonchev–Trinajstić information content (AvgIpc) is 3.49. The molecule has 1 unspecified atom stereocenters. The quantitative estimate of drug-likeness (QED) is 0.777. The smallest absolute Gasteiger partial charge is 0.410 e. The molecule has 4 aliphatic rings. The third-order valence-electron chi connectivity index (χ3n) is 6.45. The predicted molar refractivity (Wildman–Crippen MR) is 97.2 cm³/mol. The van der Waals surface area contributed by atoms with Gasteiger partial charge in [0.25, 0.3) is 0 Å². The van der Waals surface area contributed by atoms with Crippen LogP contribution in [-0.2, 0) is 9.53 Å². The number of ether oxygens (including phenoxy) is 1. The van der Waals surface area contributed by atoms with Crippen LogP contribution in [0.2, 0.25) is 0 Å². The summed E-state index contributed by atoms with van der Waals surface area (Å²) < 4.78 is 5.94. The maximum absolute atomic E-state index is 12.5. The second-order valence-electron chi connectivity index (χ2n) is 8.15. The fraction of sp³-hybridized carbons (Fsp3) is 0.684. The molecule has 1 aromatic rings. The lowest BCUT2D eigenvalue weighted by Gasteiger charge is -2.45. The lowest BCUT2D eigenvalue weighted by molar-refractivity contribution is -0.135. The van der Waals surface area contributed by atoms with Gasteiger partial charge in [-0.1, -0.05) is 0 Å². The normalized spacial score (nSPS) is 26.9. The average molecular weight is 371 g/mol. The van der Waals surface area contributed by atoms with Crippen molar-refractivity contribution in [3.63, 3.8) is 0 Å². The van der Waals surface area contributed by atoms with Crippen molar-refractivity contribution in [1.82, 2.24) is 19.8 Å². The Morgan fingerprint density at radius 2 is 2.00 bits per heavy atom. The molecular weight excluding hydrogens is 346 g/mol. The van der Waals surface area contributed by atoms with Gasteiger partial charge in [-0.3, -0.25) is 9.69 Å². The van der Waals surface area contributed by atoms with E-state index in [0.29, 0.717) is 19.6 Å². The van der Waals surface area contributed by atoms with Crippen molar-refractivity contribution in [2.24, 2.45) is 5.92 Å². The van der Waals surface area contributed by atoms with E-state index in [9.17, 15) is 9.59 Å². The van der Waals surface area contributed by atoms with Crippen LogP contribution >= 0.6 is 0 Å². The Morgan fingerprint density at radius 1 is 1.22 bits per heavy atom. The van der Waals surface area contributed by atoms with Gasteiger partial charge < -0.3 is 14.5 Å². The molecule has 8 nitrogen and oxygen atoms in total. The van der Waals surface area contributed by atoms with E-state index < -0.39 is 5.60 Å². The maximum atomic E-state index is 12.5. The molecule has 1 atom stereocenters. The number of aryl methyl sites for hydroxylation is 1. The van der Waals surface area contributed by atoms with Gasteiger partial charge in [0.15, 0.2) is 0 Å². The van der Waals surface area contributed by atoms with Gasteiger partial charge in [-0.25, -0.2) is 14.8 Å². The van der Waals surface area contributed by atoms with E-state index in [-0.39, 0.29) is 24.0 Å². The number of nitrogens with zero attached hydrogens (tertiary/aromatic N) is 5. The lowest BCUT2D eigenvalue weighted by atomic mass is 9.83. The Balaban J connectivity index is 1.32. The monoisotopic (exact) mass is 371 g/mol. The van der Waals surface area contributed by atoms with Gasteiger partial charge in [0.05, 0.1) is 6.04 Å². The van der Waals surface area contributed by atoms with Crippen molar-refractivity contribution in [1.29, 1.82) is 0 Å². The van der Waals surface area contributed by atoms with Crippen molar-refractivity contribution in [3.05, 3.63) is 18.1 Å². The van der Waals surface area contributed by atoms with Crippen molar-refractivity contribution < 1.29 is 14.3 Å². The van der Waals surface area contributed by atoms with E-state index in [2.05, 4.69) is 14.9 Å². The van der Waals surface area contributed by atoms with Gasteiger partial charge in [0.2, 0.25) is 5.91 Å². The van der Waals surface area contributed by atoms with Crippen LogP contribution in [0.4, 0.5) is 10.6 Å². The number of anilines is 1. The summed E-state index contributed by atoms with van der Waals surface area (Å²) in [7, 11) is 0. The Labute approximate surface area is 158 Å². The number of hydrogen-bond acceptors (Lipinski definition) is 6. The second-order valence-corrected chi connectivity index (χ2v) is 8.15. The second kappa shape index (κ2) is 6.07. The largest absolute Gasteiger partial charge is 0.440 e. The van der Waals surface area contributed by atoms with E-state index in [1.54, 1.807) is 6.20 Å². The number of amides is 2. The molecule has 0 aromatic carbocycles. The predicted octanol–water partition coefficient (Wildman–Crippen LogP) is 1.20. The molecule has 144 valence electrons. The summed E-state index contributed by atoms with van der Waals surface area (Å²) in [6.07, 6.45) is 5.10. The third kappa shape index (κ3) is 2.82. The first-order chi connectivity index (χ1) is 13.1. The van der Waals surface area contributed by atoms with Crippen LogP contribution in [0.25, 0.3) is 0 Å². The summed E-state index contributed by atoms with van der Waals surface area (Å²) in [5, 5.41) is 0. The highest BCUT2D eigenvalue weighted by molar-refractivity contribution is 5.82. The number of piperazine rings is 1. The minimum atomic E-state index is -0.488. The van der Waals surface area contributed by atoms with Gasteiger partial charge in [-0.2, -0.15) is 0 Å². The van der Waals surface area contributed by atoms with Crippen LogP contribution in [0.1, 0.15) is 31.5 Å². The van der Waals surface area contributed by atoms with Crippen LogP contribution in [-0.4, -0.2) is 76.1 Å². The summed E-state index contributed by atoms with van der Waals surface area (Å²) >= 11 is 0. The van der Waals surface area contributed by atoms with Gasteiger partial charge in [0, 0.05) is 57.7 Å². The number of fused-ring (bicyclic) bond motifs is 2. The molecule has 27 heavy (non-hydrogen) atoms. The molecule has 4 heterocycles. The Bertz CT molecular complexity index is 772. The third-order valence-corrected chi connectivity index (χ3v) is 6.45. The highest BCUT2D eigenvalue weighted by atomic mass is 16.6. The molecule has 2 amide bonds. The van der Waals surface area contributed by atoms with Crippen LogP contribution in [0, 0.1) is 12.8 Å².